The smallest absolute Gasteiger partial charge is 0.154 e. The van der Waals surface area contributed by atoms with Crippen LogP contribution in [0.2, 0.25) is 5.02 Å². The van der Waals surface area contributed by atoms with E-state index >= 15 is 0 Å². The van der Waals surface area contributed by atoms with Gasteiger partial charge in [0, 0.05) is 30.0 Å². The van der Waals surface area contributed by atoms with Gasteiger partial charge < -0.3 is 14.8 Å². The lowest BCUT2D eigenvalue weighted by molar-refractivity contribution is 0.0378. The van der Waals surface area contributed by atoms with Crippen LogP contribution in [0.25, 0.3) is 23.1 Å². The minimum atomic E-state index is 0.654. The summed E-state index contributed by atoms with van der Waals surface area (Å²) in [5.74, 6) is 2.30. The van der Waals surface area contributed by atoms with Crippen molar-refractivity contribution in [2.24, 2.45) is 0 Å². The number of anilines is 1. The Morgan fingerprint density at radius 3 is 2.68 bits per heavy atom. The number of benzene rings is 2. The highest BCUT2D eigenvalue weighted by molar-refractivity contribution is 6.31. The molecule has 4 rings (SSSR count). The average molecular weight is 439 g/mol. The van der Waals surface area contributed by atoms with Gasteiger partial charge in [-0.25, -0.2) is 9.97 Å². The number of nitrogens with zero attached hydrogens (tertiary/aromatic N) is 3. The van der Waals surface area contributed by atoms with Crippen LogP contribution in [0.15, 0.2) is 42.5 Å². The highest BCUT2D eigenvalue weighted by atomic mass is 35.5. The SMILES string of the molecule is COc1ccc(/C=C/c2nc(NCCCN3CCOCC3)c3cc(Cl)ccc3n2)cc1. The van der Waals surface area contributed by atoms with E-state index in [1.165, 1.54) is 0 Å². The van der Waals surface area contributed by atoms with E-state index in [4.69, 9.17) is 26.1 Å². The third kappa shape index (κ3) is 5.94. The minimum absolute atomic E-state index is 0.654. The number of halogens is 1. The van der Waals surface area contributed by atoms with Gasteiger partial charge in [-0.3, -0.25) is 4.90 Å². The molecule has 3 aromatic rings. The van der Waals surface area contributed by atoms with E-state index in [0.717, 1.165) is 73.8 Å². The number of ether oxygens (including phenoxy) is 2. The number of aromatic nitrogens is 2. The van der Waals surface area contributed by atoms with Gasteiger partial charge in [0.05, 0.1) is 25.8 Å². The summed E-state index contributed by atoms with van der Waals surface area (Å²) in [6.45, 7) is 5.54. The number of morpholine rings is 1. The lowest BCUT2D eigenvalue weighted by Gasteiger charge is -2.26. The van der Waals surface area contributed by atoms with Crippen LogP contribution in [-0.4, -0.2) is 61.4 Å². The lowest BCUT2D eigenvalue weighted by Crippen LogP contribution is -2.37. The Morgan fingerprint density at radius 2 is 1.90 bits per heavy atom. The van der Waals surface area contributed by atoms with Crippen molar-refractivity contribution >= 4 is 40.5 Å². The number of hydrogen-bond donors (Lipinski definition) is 1. The molecule has 0 atom stereocenters. The van der Waals surface area contributed by atoms with Crippen LogP contribution >= 0.6 is 11.6 Å². The molecule has 0 aliphatic carbocycles. The first kappa shape index (κ1) is 21.6. The highest BCUT2D eigenvalue weighted by Crippen LogP contribution is 2.25. The van der Waals surface area contributed by atoms with E-state index in [2.05, 4.69) is 15.2 Å². The Hall–Kier alpha value is -2.67. The molecular formula is C24H27ClN4O2. The summed E-state index contributed by atoms with van der Waals surface area (Å²) in [5, 5.41) is 5.10. The summed E-state index contributed by atoms with van der Waals surface area (Å²) >= 11 is 6.23. The molecule has 0 radical (unpaired) electrons. The minimum Gasteiger partial charge on any atom is -0.497 e. The zero-order chi connectivity index (χ0) is 21.5. The van der Waals surface area contributed by atoms with Crippen LogP contribution < -0.4 is 10.1 Å². The van der Waals surface area contributed by atoms with Crippen molar-refractivity contribution in [3.8, 4) is 5.75 Å². The van der Waals surface area contributed by atoms with E-state index in [-0.39, 0.29) is 0 Å². The molecule has 1 aliphatic heterocycles. The topological polar surface area (TPSA) is 59.5 Å². The molecule has 1 aromatic heterocycles. The van der Waals surface area contributed by atoms with Gasteiger partial charge in [0.15, 0.2) is 5.82 Å². The molecule has 1 saturated heterocycles. The van der Waals surface area contributed by atoms with Crippen molar-refractivity contribution in [1.82, 2.24) is 14.9 Å². The molecule has 31 heavy (non-hydrogen) atoms. The van der Waals surface area contributed by atoms with E-state index < -0.39 is 0 Å². The number of rotatable bonds is 8. The van der Waals surface area contributed by atoms with E-state index in [1.807, 2.05) is 54.6 Å². The molecule has 0 spiro atoms. The molecule has 0 saturated carbocycles. The van der Waals surface area contributed by atoms with Crippen LogP contribution in [0.4, 0.5) is 5.82 Å². The van der Waals surface area contributed by atoms with Crippen molar-refractivity contribution in [1.29, 1.82) is 0 Å². The zero-order valence-electron chi connectivity index (χ0n) is 17.7. The summed E-state index contributed by atoms with van der Waals surface area (Å²) in [6, 6.07) is 13.6. The number of methoxy groups -OCH3 is 1. The van der Waals surface area contributed by atoms with Gasteiger partial charge in [0.25, 0.3) is 0 Å². The second-order valence-electron chi connectivity index (χ2n) is 7.43. The predicted octanol–water partition coefficient (Wildman–Crippen LogP) is 4.60. The molecule has 0 unspecified atom stereocenters. The summed E-state index contributed by atoms with van der Waals surface area (Å²) in [7, 11) is 1.66. The lowest BCUT2D eigenvalue weighted by atomic mass is 10.2. The zero-order valence-corrected chi connectivity index (χ0v) is 18.4. The Morgan fingerprint density at radius 1 is 1.10 bits per heavy atom. The molecule has 162 valence electrons. The second kappa shape index (κ2) is 10.6. The fourth-order valence-electron chi connectivity index (χ4n) is 3.55. The first-order chi connectivity index (χ1) is 15.2. The van der Waals surface area contributed by atoms with Crippen molar-refractivity contribution in [2.75, 3.05) is 51.8 Å². The Labute approximate surface area is 187 Å². The monoisotopic (exact) mass is 438 g/mol. The molecule has 7 heteroatoms. The number of nitrogens with one attached hydrogen (secondary N) is 1. The third-order valence-electron chi connectivity index (χ3n) is 5.26. The van der Waals surface area contributed by atoms with E-state index in [1.54, 1.807) is 7.11 Å². The molecule has 2 heterocycles. The van der Waals surface area contributed by atoms with Crippen LogP contribution in [-0.2, 0) is 4.74 Å². The van der Waals surface area contributed by atoms with Crippen LogP contribution in [0, 0.1) is 0 Å². The molecule has 1 N–H and O–H groups in total. The van der Waals surface area contributed by atoms with Crippen LogP contribution in [0.5, 0.6) is 5.75 Å². The highest BCUT2D eigenvalue weighted by Gasteiger charge is 2.10. The normalized spacial score (nSPS) is 14.9. The predicted molar refractivity (Wildman–Crippen MR) is 127 cm³/mol. The second-order valence-corrected chi connectivity index (χ2v) is 7.87. The number of fused-ring (bicyclic) bond motifs is 1. The summed E-state index contributed by atoms with van der Waals surface area (Å²) in [5.41, 5.74) is 1.92. The van der Waals surface area contributed by atoms with Crippen molar-refractivity contribution in [3.63, 3.8) is 0 Å². The molecule has 2 aromatic carbocycles. The maximum Gasteiger partial charge on any atom is 0.154 e. The van der Waals surface area contributed by atoms with Gasteiger partial charge >= 0.3 is 0 Å². The fourth-order valence-corrected chi connectivity index (χ4v) is 3.72. The maximum absolute atomic E-state index is 6.23. The van der Waals surface area contributed by atoms with Gasteiger partial charge in [0.2, 0.25) is 0 Å². The van der Waals surface area contributed by atoms with Gasteiger partial charge in [-0.05, 0) is 54.9 Å². The molecule has 1 fully saturated rings. The van der Waals surface area contributed by atoms with Gasteiger partial charge in [-0.15, -0.1) is 0 Å². The maximum atomic E-state index is 6.23. The number of hydrogen-bond acceptors (Lipinski definition) is 6. The van der Waals surface area contributed by atoms with E-state index in [9.17, 15) is 0 Å². The summed E-state index contributed by atoms with van der Waals surface area (Å²) in [6.07, 6.45) is 4.95. The van der Waals surface area contributed by atoms with E-state index in [0.29, 0.717) is 10.8 Å². The summed E-state index contributed by atoms with van der Waals surface area (Å²) < 4.78 is 10.6. The first-order valence-corrected chi connectivity index (χ1v) is 10.9. The molecule has 0 bridgehead atoms. The standard InChI is InChI=1S/C24H27ClN4O2/c1-30-20-7-3-18(4-8-20)5-10-23-27-22-9-6-19(25)17-21(22)24(28-23)26-11-2-12-29-13-15-31-16-14-29/h3-10,17H,2,11-16H2,1H3,(H,26,27,28)/b10-5+. The largest absolute Gasteiger partial charge is 0.497 e. The Kier molecular flexibility index (Phi) is 7.35. The first-order valence-electron chi connectivity index (χ1n) is 10.5. The van der Waals surface area contributed by atoms with Crippen molar-refractivity contribution < 1.29 is 9.47 Å². The van der Waals surface area contributed by atoms with Crippen molar-refractivity contribution in [2.45, 2.75) is 6.42 Å². The molecule has 0 amide bonds. The Balaban J connectivity index is 1.48. The fraction of sp³-hybridized carbons (Fsp3) is 0.333. The van der Waals surface area contributed by atoms with Gasteiger partial charge in [-0.2, -0.15) is 0 Å². The van der Waals surface area contributed by atoms with Gasteiger partial charge in [0.1, 0.15) is 11.6 Å². The molecule has 6 nitrogen and oxygen atoms in total. The van der Waals surface area contributed by atoms with Crippen molar-refractivity contribution in [3.05, 3.63) is 58.9 Å². The quantitative estimate of drug-likeness (QED) is 0.519. The average Bonchev–Trinajstić information content (AvgIpc) is 2.81. The molecule has 1 aliphatic rings. The summed E-state index contributed by atoms with van der Waals surface area (Å²) in [4.78, 5) is 11.9. The molecular weight excluding hydrogens is 412 g/mol. The van der Waals surface area contributed by atoms with Crippen LogP contribution in [0.3, 0.4) is 0 Å². The Bertz CT molecular complexity index is 1030. The van der Waals surface area contributed by atoms with Gasteiger partial charge in [-0.1, -0.05) is 29.8 Å². The van der Waals surface area contributed by atoms with Crippen LogP contribution in [0.1, 0.15) is 17.8 Å². The third-order valence-corrected chi connectivity index (χ3v) is 5.50.